The van der Waals surface area contributed by atoms with Crippen LogP contribution in [-0.2, 0) is 19.0 Å². The standard InChI is InChI=1S/C12H20O7/c1-8(12(15)16)2-9(13)3-17-4-10(14)5-18-6-11-7-19-11/h9-11,13-14H,1-7H2,(H,15,16). The lowest BCUT2D eigenvalue weighted by atomic mass is 10.1. The minimum atomic E-state index is -1.14. The number of carboxylic acid groups (broad SMARTS) is 1. The molecule has 0 aromatic heterocycles. The zero-order valence-electron chi connectivity index (χ0n) is 10.7. The second-order valence-electron chi connectivity index (χ2n) is 4.45. The first-order valence-electron chi connectivity index (χ1n) is 6.03. The molecule has 7 nitrogen and oxygen atoms in total. The SMILES string of the molecule is C=C(CC(O)COCC(O)COCC1CO1)C(=O)O. The van der Waals surface area contributed by atoms with E-state index in [1.54, 1.807) is 0 Å². The molecular formula is C12H20O7. The number of hydrogen-bond donors (Lipinski definition) is 3. The maximum atomic E-state index is 10.5. The van der Waals surface area contributed by atoms with Crippen LogP contribution in [0.5, 0.6) is 0 Å². The smallest absolute Gasteiger partial charge is 0.331 e. The van der Waals surface area contributed by atoms with Crippen molar-refractivity contribution in [2.24, 2.45) is 0 Å². The Morgan fingerprint density at radius 3 is 2.42 bits per heavy atom. The van der Waals surface area contributed by atoms with Gasteiger partial charge in [0.1, 0.15) is 12.2 Å². The maximum Gasteiger partial charge on any atom is 0.331 e. The van der Waals surface area contributed by atoms with E-state index in [0.29, 0.717) is 13.2 Å². The number of aliphatic carboxylic acids is 1. The van der Waals surface area contributed by atoms with Gasteiger partial charge >= 0.3 is 5.97 Å². The maximum absolute atomic E-state index is 10.5. The third-order valence-electron chi connectivity index (χ3n) is 2.42. The molecule has 0 aromatic carbocycles. The molecule has 110 valence electrons. The summed E-state index contributed by atoms with van der Waals surface area (Å²) in [6.07, 6.45) is -1.65. The van der Waals surface area contributed by atoms with Gasteiger partial charge in [-0.1, -0.05) is 6.58 Å². The van der Waals surface area contributed by atoms with Crippen LogP contribution in [0.25, 0.3) is 0 Å². The van der Waals surface area contributed by atoms with Crippen LogP contribution in [0.1, 0.15) is 6.42 Å². The average molecular weight is 276 g/mol. The van der Waals surface area contributed by atoms with Crippen molar-refractivity contribution in [3.05, 3.63) is 12.2 Å². The molecule has 1 aliphatic heterocycles. The van der Waals surface area contributed by atoms with Crippen molar-refractivity contribution in [2.75, 3.05) is 33.0 Å². The molecule has 0 saturated carbocycles. The number of aliphatic hydroxyl groups excluding tert-OH is 2. The summed E-state index contributed by atoms with van der Waals surface area (Å²) < 4.78 is 15.2. The Kier molecular flexibility index (Phi) is 6.96. The van der Waals surface area contributed by atoms with Crippen LogP contribution in [-0.4, -0.2) is 72.6 Å². The van der Waals surface area contributed by atoms with E-state index in [9.17, 15) is 15.0 Å². The molecule has 7 heteroatoms. The first-order valence-corrected chi connectivity index (χ1v) is 6.03. The molecule has 3 unspecified atom stereocenters. The van der Waals surface area contributed by atoms with E-state index < -0.39 is 18.2 Å². The lowest BCUT2D eigenvalue weighted by Gasteiger charge is -2.14. The van der Waals surface area contributed by atoms with Crippen molar-refractivity contribution in [3.63, 3.8) is 0 Å². The predicted molar refractivity (Wildman–Crippen MR) is 64.8 cm³/mol. The Morgan fingerprint density at radius 1 is 1.26 bits per heavy atom. The van der Waals surface area contributed by atoms with Gasteiger partial charge in [0.25, 0.3) is 0 Å². The number of carbonyl (C=O) groups is 1. The van der Waals surface area contributed by atoms with Crippen molar-refractivity contribution in [1.82, 2.24) is 0 Å². The molecule has 0 radical (unpaired) electrons. The van der Waals surface area contributed by atoms with Gasteiger partial charge in [0.15, 0.2) is 0 Å². The van der Waals surface area contributed by atoms with Crippen molar-refractivity contribution < 1.29 is 34.3 Å². The molecule has 3 atom stereocenters. The zero-order valence-corrected chi connectivity index (χ0v) is 10.7. The summed E-state index contributed by atoms with van der Waals surface area (Å²) in [6, 6.07) is 0. The largest absolute Gasteiger partial charge is 0.478 e. The topological polar surface area (TPSA) is 109 Å². The van der Waals surface area contributed by atoms with E-state index in [2.05, 4.69) is 6.58 Å². The molecule has 1 saturated heterocycles. The monoisotopic (exact) mass is 276 g/mol. The fourth-order valence-corrected chi connectivity index (χ4v) is 1.32. The van der Waals surface area contributed by atoms with E-state index in [1.165, 1.54) is 0 Å². The minimum absolute atomic E-state index is 0.0160. The average Bonchev–Trinajstić information content (AvgIpc) is 3.12. The molecule has 0 aromatic rings. The highest BCUT2D eigenvalue weighted by Crippen LogP contribution is 2.08. The molecular weight excluding hydrogens is 256 g/mol. The minimum Gasteiger partial charge on any atom is -0.478 e. The van der Waals surface area contributed by atoms with Crippen LogP contribution < -0.4 is 0 Å². The van der Waals surface area contributed by atoms with Gasteiger partial charge in [-0.05, 0) is 0 Å². The third kappa shape index (κ3) is 7.91. The Morgan fingerprint density at radius 2 is 1.84 bits per heavy atom. The third-order valence-corrected chi connectivity index (χ3v) is 2.42. The fraction of sp³-hybridized carbons (Fsp3) is 0.750. The normalized spacial score (nSPS) is 20.8. The molecule has 0 bridgehead atoms. The van der Waals surface area contributed by atoms with E-state index in [4.69, 9.17) is 19.3 Å². The highest BCUT2D eigenvalue weighted by atomic mass is 16.6. The van der Waals surface area contributed by atoms with E-state index in [1.807, 2.05) is 0 Å². The van der Waals surface area contributed by atoms with Crippen molar-refractivity contribution in [3.8, 4) is 0 Å². The van der Waals surface area contributed by atoms with Gasteiger partial charge in [-0.2, -0.15) is 0 Å². The van der Waals surface area contributed by atoms with Gasteiger partial charge in [-0.3, -0.25) is 0 Å². The number of aliphatic hydroxyl groups is 2. The summed E-state index contributed by atoms with van der Waals surface area (Å²) in [5.74, 6) is -1.14. The Labute approximate surface area is 111 Å². The molecule has 0 spiro atoms. The number of epoxide rings is 1. The second kappa shape index (κ2) is 8.23. The van der Waals surface area contributed by atoms with Crippen LogP contribution in [0.2, 0.25) is 0 Å². The Bertz CT molecular complexity index is 300. The Balaban J connectivity index is 1.98. The molecule has 3 N–H and O–H groups in total. The lowest BCUT2D eigenvalue weighted by molar-refractivity contribution is -0.133. The van der Waals surface area contributed by atoms with Gasteiger partial charge in [-0.15, -0.1) is 0 Å². The van der Waals surface area contributed by atoms with Gasteiger partial charge in [0.05, 0.1) is 39.1 Å². The molecule has 0 aliphatic carbocycles. The number of rotatable bonds is 11. The summed E-state index contributed by atoms with van der Waals surface area (Å²) in [5.41, 5.74) is -0.0792. The van der Waals surface area contributed by atoms with Crippen molar-refractivity contribution in [1.29, 1.82) is 0 Å². The molecule has 1 heterocycles. The van der Waals surface area contributed by atoms with Crippen molar-refractivity contribution in [2.45, 2.75) is 24.7 Å². The van der Waals surface area contributed by atoms with Gasteiger partial charge in [0.2, 0.25) is 0 Å². The van der Waals surface area contributed by atoms with Crippen LogP contribution in [0.3, 0.4) is 0 Å². The van der Waals surface area contributed by atoms with Gasteiger partial charge in [0, 0.05) is 12.0 Å². The van der Waals surface area contributed by atoms with E-state index >= 15 is 0 Å². The summed E-state index contributed by atoms with van der Waals surface area (Å²) in [6.45, 7) is 4.55. The lowest BCUT2D eigenvalue weighted by Crippen LogP contribution is -2.26. The summed E-state index contributed by atoms with van der Waals surface area (Å²) in [5, 5.41) is 27.5. The number of carboxylic acids is 1. The molecule has 1 aliphatic rings. The van der Waals surface area contributed by atoms with Crippen LogP contribution in [0.4, 0.5) is 0 Å². The first-order chi connectivity index (χ1) is 8.99. The predicted octanol–water partition coefficient (Wildman–Crippen LogP) is -0.829. The van der Waals surface area contributed by atoms with E-state index in [0.717, 1.165) is 0 Å². The summed E-state index contributed by atoms with van der Waals surface area (Å²) in [7, 11) is 0. The second-order valence-corrected chi connectivity index (χ2v) is 4.45. The van der Waals surface area contributed by atoms with Gasteiger partial charge < -0.3 is 29.5 Å². The molecule has 1 rings (SSSR count). The van der Waals surface area contributed by atoms with Crippen molar-refractivity contribution >= 4 is 5.97 Å². The molecule has 19 heavy (non-hydrogen) atoms. The van der Waals surface area contributed by atoms with Crippen LogP contribution in [0, 0.1) is 0 Å². The summed E-state index contributed by atoms with van der Waals surface area (Å²) >= 11 is 0. The van der Waals surface area contributed by atoms with Crippen LogP contribution >= 0.6 is 0 Å². The Hall–Kier alpha value is -0.990. The quantitative estimate of drug-likeness (QED) is 0.334. The van der Waals surface area contributed by atoms with Gasteiger partial charge in [-0.25, -0.2) is 4.79 Å². The highest BCUT2D eigenvalue weighted by Gasteiger charge is 2.22. The zero-order chi connectivity index (χ0) is 14.3. The first kappa shape index (κ1) is 16.1. The fourth-order valence-electron chi connectivity index (χ4n) is 1.32. The summed E-state index contributed by atoms with van der Waals surface area (Å²) in [4.78, 5) is 10.5. The molecule has 0 amide bonds. The molecule has 1 fully saturated rings. The van der Waals surface area contributed by atoms with Crippen LogP contribution in [0.15, 0.2) is 12.2 Å². The highest BCUT2D eigenvalue weighted by molar-refractivity contribution is 5.85. The number of hydrogen-bond acceptors (Lipinski definition) is 6. The number of ether oxygens (including phenoxy) is 3. The van der Waals surface area contributed by atoms with E-state index in [-0.39, 0.29) is 37.9 Å².